The Labute approximate surface area is 193 Å². The van der Waals surface area contributed by atoms with Crippen molar-refractivity contribution in [3.63, 3.8) is 0 Å². The highest BCUT2D eigenvalue weighted by atomic mass is 32.2. The predicted molar refractivity (Wildman–Crippen MR) is 130 cm³/mol. The van der Waals surface area contributed by atoms with Crippen LogP contribution in [0.2, 0.25) is 0 Å². The van der Waals surface area contributed by atoms with Crippen LogP contribution in [0.15, 0.2) is 71.9 Å². The summed E-state index contributed by atoms with van der Waals surface area (Å²) in [5.74, 6) is -0.914. The van der Waals surface area contributed by atoms with Gasteiger partial charge in [0.05, 0.1) is 0 Å². The van der Waals surface area contributed by atoms with Crippen LogP contribution >= 0.6 is 0 Å². The second kappa shape index (κ2) is 8.76. The highest BCUT2D eigenvalue weighted by molar-refractivity contribution is 7.89. The van der Waals surface area contributed by atoms with E-state index in [2.05, 4.69) is 9.71 Å². The van der Waals surface area contributed by atoms with E-state index in [1.165, 1.54) is 16.8 Å². The highest BCUT2D eigenvalue weighted by Crippen LogP contribution is 2.32. The largest absolute Gasteiger partial charge is 0.378 e. The summed E-state index contributed by atoms with van der Waals surface area (Å²) in [7, 11) is 1.67. The lowest BCUT2D eigenvalue weighted by molar-refractivity contribution is 0.0992. The molecule has 172 valence electrons. The second-order valence-corrected chi connectivity index (χ2v) is 9.98. The molecule has 0 aliphatic rings. The van der Waals surface area contributed by atoms with Gasteiger partial charge in [0.15, 0.2) is 0 Å². The molecule has 2 aromatic carbocycles. The summed E-state index contributed by atoms with van der Waals surface area (Å²) in [6, 6.07) is 17.3. The first-order chi connectivity index (χ1) is 15.7. The number of aromatic amines is 1. The molecule has 9 heteroatoms. The summed E-state index contributed by atoms with van der Waals surface area (Å²) in [6.07, 6.45) is 3.31. The Balaban J connectivity index is 1.69. The minimum atomic E-state index is -3.86. The molecular weight excluding hydrogens is 438 g/mol. The first-order valence-corrected chi connectivity index (χ1v) is 11.9. The quantitative estimate of drug-likeness (QED) is 0.371. The maximum atomic E-state index is 13.0. The van der Waals surface area contributed by atoms with Crippen LogP contribution < -0.4 is 15.4 Å². The zero-order chi connectivity index (χ0) is 23.8. The lowest BCUT2D eigenvalue weighted by Crippen LogP contribution is -2.29. The number of primary amides is 1. The SMILES string of the molecule is CN(C)c1ccc(C(CNS(=O)(=O)c2cc(C(N)=O)n(C)c2)c2c[nH]c3ccccc23)cc1. The summed E-state index contributed by atoms with van der Waals surface area (Å²) >= 11 is 0. The van der Waals surface area contributed by atoms with E-state index in [1.807, 2.05) is 73.7 Å². The summed E-state index contributed by atoms with van der Waals surface area (Å²) in [4.78, 5) is 16.8. The van der Waals surface area contributed by atoms with Crippen molar-refractivity contribution in [3.05, 3.63) is 83.8 Å². The number of anilines is 1. The number of benzene rings is 2. The molecule has 8 nitrogen and oxygen atoms in total. The van der Waals surface area contributed by atoms with Crippen LogP contribution in [-0.4, -0.2) is 44.5 Å². The van der Waals surface area contributed by atoms with Gasteiger partial charge in [0.2, 0.25) is 10.0 Å². The highest BCUT2D eigenvalue weighted by Gasteiger charge is 2.24. The van der Waals surface area contributed by atoms with E-state index in [0.717, 1.165) is 27.7 Å². The monoisotopic (exact) mass is 465 g/mol. The molecule has 4 rings (SSSR count). The molecule has 1 unspecified atom stereocenters. The number of carbonyl (C=O) groups is 1. The van der Waals surface area contributed by atoms with E-state index in [4.69, 9.17) is 5.73 Å². The van der Waals surface area contributed by atoms with Crippen molar-refractivity contribution < 1.29 is 13.2 Å². The van der Waals surface area contributed by atoms with Gasteiger partial charge in [-0.05, 0) is 35.4 Å². The van der Waals surface area contributed by atoms with Crippen LogP contribution in [0, 0.1) is 0 Å². The second-order valence-electron chi connectivity index (χ2n) is 8.22. The van der Waals surface area contributed by atoms with Gasteiger partial charge in [0.1, 0.15) is 10.6 Å². The number of aryl methyl sites for hydroxylation is 1. The first kappa shape index (κ1) is 22.6. The van der Waals surface area contributed by atoms with Crippen LogP contribution in [-0.2, 0) is 17.1 Å². The summed E-state index contributed by atoms with van der Waals surface area (Å²) in [5, 5.41) is 1.04. The van der Waals surface area contributed by atoms with Gasteiger partial charge in [0.25, 0.3) is 5.91 Å². The fourth-order valence-corrected chi connectivity index (χ4v) is 5.11. The smallest absolute Gasteiger partial charge is 0.265 e. The fourth-order valence-electron chi connectivity index (χ4n) is 4.00. The molecule has 1 atom stereocenters. The molecular formula is C24H27N5O3S. The molecule has 0 radical (unpaired) electrons. The predicted octanol–water partition coefficient (Wildman–Crippen LogP) is 2.78. The van der Waals surface area contributed by atoms with Crippen molar-refractivity contribution >= 4 is 32.5 Å². The number of H-pyrrole nitrogens is 1. The molecule has 1 amide bonds. The summed E-state index contributed by atoms with van der Waals surface area (Å²) in [5.41, 5.74) is 9.49. The molecule has 2 aromatic heterocycles. The average molecular weight is 466 g/mol. The summed E-state index contributed by atoms with van der Waals surface area (Å²) in [6.45, 7) is 0.145. The number of aromatic nitrogens is 2. The molecule has 0 aliphatic carbocycles. The van der Waals surface area contributed by atoms with E-state index in [-0.39, 0.29) is 23.1 Å². The molecule has 0 saturated heterocycles. The minimum absolute atomic E-state index is 0.000526. The number of rotatable bonds is 8. The van der Waals surface area contributed by atoms with Crippen molar-refractivity contribution in [1.82, 2.24) is 14.3 Å². The number of fused-ring (bicyclic) bond motifs is 1. The molecule has 0 spiro atoms. The van der Waals surface area contributed by atoms with Crippen molar-refractivity contribution in [2.75, 3.05) is 25.5 Å². The van der Waals surface area contributed by atoms with Gasteiger partial charge in [0, 0.05) is 62.6 Å². The number of carbonyl (C=O) groups excluding carboxylic acids is 1. The maximum absolute atomic E-state index is 13.0. The van der Waals surface area contributed by atoms with E-state index >= 15 is 0 Å². The Morgan fingerprint density at radius 2 is 1.85 bits per heavy atom. The first-order valence-electron chi connectivity index (χ1n) is 10.5. The maximum Gasteiger partial charge on any atom is 0.265 e. The molecule has 0 aliphatic heterocycles. The number of nitrogens with two attached hydrogens (primary N) is 1. The molecule has 33 heavy (non-hydrogen) atoms. The van der Waals surface area contributed by atoms with Gasteiger partial charge in [-0.1, -0.05) is 30.3 Å². The van der Waals surface area contributed by atoms with Gasteiger partial charge in [-0.15, -0.1) is 0 Å². The van der Waals surface area contributed by atoms with Crippen LogP contribution in [0.1, 0.15) is 27.5 Å². The topological polar surface area (TPSA) is 113 Å². The Morgan fingerprint density at radius 3 is 2.48 bits per heavy atom. The number of amides is 1. The Bertz CT molecular complexity index is 1400. The van der Waals surface area contributed by atoms with Gasteiger partial charge in [-0.2, -0.15) is 0 Å². The lowest BCUT2D eigenvalue weighted by Gasteiger charge is -2.20. The van der Waals surface area contributed by atoms with Crippen LogP contribution in [0.3, 0.4) is 0 Å². The number of hydrogen-bond acceptors (Lipinski definition) is 4. The lowest BCUT2D eigenvalue weighted by atomic mass is 9.91. The normalized spacial score (nSPS) is 12.7. The van der Waals surface area contributed by atoms with Gasteiger partial charge in [-0.25, -0.2) is 13.1 Å². The van der Waals surface area contributed by atoms with Gasteiger partial charge >= 0.3 is 0 Å². The standard InChI is InChI=1S/C24H27N5O3S/c1-28(2)17-10-8-16(9-11-17)20(21-13-26-22-7-5-4-6-19(21)22)14-27-33(31,32)18-12-23(24(25)30)29(3)15-18/h4-13,15,20,26-27H,14H2,1-3H3,(H2,25,30). The Morgan fingerprint density at radius 1 is 1.15 bits per heavy atom. The average Bonchev–Trinajstić information content (AvgIpc) is 3.39. The molecule has 0 bridgehead atoms. The van der Waals surface area contributed by atoms with Gasteiger partial charge in [-0.3, -0.25) is 4.79 Å². The van der Waals surface area contributed by atoms with Crippen LogP contribution in [0.5, 0.6) is 0 Å². The Kier molecular flexibility index (Phi) is 6.01. The number of hydrogen-bond donors (Lipinski definition) is 3. The molecule has 4 N–H and O–H groups in total. The molecule has 0 saturated carbocycles. The molecule has 4 aromatic rings. The van der Waals surface area contributed by atoms with Crippen molar-refractivity contribution in [2.45, 2.75) is 10.8 Å². The number of sulfonamides is 1. The Hall–Kier alpha value is -3.56. The van der Waals surface area contributed by atoms with E-state index in [9.17, 15) is 13.2 Å². The molecule has 0 fully saturated rings. The van der Waals surface area contributed by atoms with E-state index in [0.29, 0.717) is 0 Å². The molecule has 2 heterocycles. The van der Waals surface area contributed by atoms with E-state index < -0.39 is 15.9 Å². The van der Waals surface area contributed by atoms with Crippen molar-refractivity contribution in [2.24, 2.45) is 12.8 Å². The zero-order valence-corrected chi connectivity index (χ0v) is 19.6. The third-order valence-electron chi connectivity index (χ3n) is 5.83. The number of para-hydroxylation sites is 1. The number of nitrogens with one attached hydrogen (secondary N) is 2. The van der Waals surface area contributed by atoms with Gasteiger partial charge < -0.3 is 20.2 Å². The van der Waals surface area contributed by atoms with Crippen LogP contribution in [0.25, 0.3) is 10.9 Å². The third-order valence-corrected chi connectivity index (χ3v) is 7.22. The number of nitrogens with zero attached hydrogens (tertiary/aromatic N) is 2. The van der Waals surface area contributed by atoms with Crippen molar-refractivity contribution in [3.8, 4) is 0 Å². The third kappa shape index (κ3) is 4.50. The van der Waals surface area contributed by atoms with Crippen LogP contribution in [0.4, 0.5) is 5.69 Å². The van der Waals surface area contributed by atoms with E-state index in [1.54, 1.807) is 7.05 Å². The zero-order valence-electron chi connectivity index (χ0n) is 18.7. The summed E-state index contributed by atoms with van der Waals surface area (Å²) < 4.78 is 30.2. The minimum Gasteiger partial charge on any atom is -0.378 e. The van der Waals surface area contributed by atoms with Crippen molar-refractivity contribution in [1.29, 1.82) is 0 Å². The fraction of sp³-hybridized carbons (Fsp3) is 0.208.